The van der Waals surface area contributed by atoms with Crippen molar-refractivity contribution in [1.29, 1.82) is 0 Å². The number of hydrogen-bond donors (Lipinski definition) is 1. The molecule has 1 aromatic carbocycles. The normalized spacial score (nSPS) is 10.7. The van der Waals surface area contributed by atoms with Crippen molar-refractivity contribution in [2.45, 2.75) is 40.8 Å². The molecule has 1 N–H and O–H groups in total. The van der Waals surface area contributed by atoms with Crippen molar-refractivity contribution in [2.75, 3.05) is 24.5 Å². The van der Waals surface area contributed by atoms with Gasteiger partial charge in [-0.2, -0.15) is 0 Å². The second-order valence-electron chi connectivity index (χ2n) is 7.14. The maximum atomic E-state index is 5.68. The summed E-state index contributed by atoms with van der Waals surface area (Å²) >= 11 is 5.68. The molecule has 0 saturated heterocycles. The molecule has 5 heteroatoms. The highest BCUT2D eigenvalue weighted by atomic mass is 32.1. The number of pyridine rings is 1. The molecule has 0 saturated carbocycles. The second-order valence-corrected chi connectivity index (χ2v) is 7.52. The fraction of sp³-hybridized carbons (Fsp3) is 0.455. The zero-order chi connectivity index (χ0) is 19.6. The van der Waals surface area contributed by atoms with Crippen LogP contribution in [-0.4, -0.2) is 34.6 Å². The Morgan fingerprint density at radius 1 is 1.04 bits per heavy atom. The van der Waals surface area contributed by atoms with Gasteiger partial charge in [0.1, 0.15) is 0 Å². The first-order valence-electron chi connectivity index (χ1n) is 9.79. The van der Waals surface area contributed by atoms with Crippen molar-refractivity contribution >= 4 is 23.0 Å². The molecule has 0 atom stereocenters. The number of nitrogens with zero attached hydrogens (tertiary/aromatic N) is 3. The zero-order valence-electron chi connectivity index (χ0n) is 17.0. The summed E-state index contributed by atoms with van der Waals surface area (Å²) in [5.74, 6) is 0.552. The Morgan fingerprint density at radius 2 is 1.70 bits per heavy atom. The van der Waals surface area contributed by atoms with E-state index in [1.165, 1.54) is 11.3 Å². The number of benzene rings is 1. The van der Waals surface area contributed by atoms with Crippen LogP contribution in [0.2, 0.25) is 0 Å². The van der Waals surface area contributed by atoms with Crippen molar-refractivity contribution in [3.8, 4) is 0 Å². The van der Waals surface area contributed by atoms with Crippen molar-refractivity contribution < 1.29 is 0 Å². The predicted molar refractivity (Wildman–Crippen MR) is 119 cm³/mol. The minimum absolute atomic E-state index is 0.552. The lowest BCUT2D eigenvalue weighted by Crippen LogP contribution is -2.40. The van der Waals surface area contributed by atoms with E-state index in [2.05, 4.69) is 78.1 Å². The highest BCUT2D eigenvalue weighted by Crippen LogP contribution is 2.17. The third-order valence-corrected chi connectivity index (χ3v) is 4.89. The van der Waals surface area contributed by atoms with E-state index in [0.29, 0.717) is 5.92 Å². The molecule has 27 heavy (non-hydrogen) atoms. The van der Waals surface area contributed by atoms with E-state index in [-0.39, 0.29) is 0 Å². The van der Waals surface area contributed by atoms with Gasteiger partial charge in [-0.05, 0) is 61.3 Å². The molecule has 0 aliphatic heterocycles. The molecule has 146 valence electrons. The topological polar surface area (TPSA) is 31.4 Å². The van der Waals surface area contributed by atoms with Crippen LogP contribution in [0.1, 0.15) is 38.8 Å². The standard InChI is InChI=1S/C22H32N4S/c1-5-25(6-2)21-11-9-19(10-12-21)16-26(22(27)24-14-18(3)4)17-20-8-7-13-23-15-20/h7-13,15,18H,5-6,14,16-17H2,1-4H3,(H,24,27). The van der Waals surface area contributed by atoms with Crippen LogP contribution in [0.15, 0.2) is 48.8 Å². The van der Waals surface area contributed by atoms with Gasteiger partial charge in [-0.25, -0.2) is 0 Å². The summed E-state index contributed by atoms with van der Waals surface area (Å²) in [5.41, 5.74) is 3.68. The first-order chi connectivity index (χ1) is 13.0. The molecular formula is C22H32N4S. The van der Waals surface area contributed by atoms with E-state index in [4.69, 9.17) is 12.2 Å². The Morgan fingerprint density at radius 3 is 2.26 bits per heavy atom. The Hall–Kier alpha value is -2.14. The van der Waals surface area contributed by atoms with Crippen molar-refractivity contribution in [3.05, 3.63) is 59.9 Å². The number of rotatable bonds is 9. The SMILES string of the molecule is CCN(CC)c1ccc(CN(Cc2cccnc2)C(=S)NCC(C)C)cc1. The largest absolute Gasteiger partial charge is 0.372 e. The highest BCUT2D eigenvalue weighted by molar-refractivity contribution is 7.80. The second kappa shape index (κ2) is 10.9. The number of thiocarbonyl (C=S) groups is 1. The number of nitrogens with one attached hydrogen (secondary N) is 1. The Labute approximate surface area is 169 Å². The molecule has 0 amide bonds. The molecule has 0 aliphatic carbocycles. The van der Waals surface area contributed by atoms with Crippen molar-refractivity contribution in [3.63, 3.8) is 0 Å². The third-order valence-electron chi connectivity index (χ3n) is 4.48. The molecule has 2 aromatic rings. The summed E-state index contributed by atoms with van der Waals surface area (Å²) in [6.45, 7) is 13.2. The number of hydrogen-bond acceptors (Lipinski definition) is 3. The van der Waals surface area contributed by atoms with Crippen LogP contribution in [0.3, 0.4) is 0 Å². The van der Waals surface area contributed by atoms with Gasteiger partial charge in [0.05, 0.1) is 0 Å². The number of aromatic nitrogens is 1. The van der Waals surface area contributed by atoms with Crippen LogP contribution >= 0.6 is 12.2 Å². The van der Waals surface area contributed by atoms with Crippen LogP contribution in [0.5, 0.6) is 0 Å². The van der Waals surface area contributed by atoms with E-state index in [1.807, 2.05) is 12.3 Å². The molecule has 1 aromatic heterocycles. The summed E-state index contributed by atoms with van der Waals surface area (Å²) < 4.78 is 0. The fourth-order valence-corrected chi connectivity index (χ4v) is 3.15. The molecule has 0 fully saturated rings. The Kier molecular flexibility index (Phi) is 8.52. The van der Waals surface area contributed by atoms with E-state index in [1.54, 1.807) is 6.20 Å². The molecule has 0 spiro atoms. The third kappa shape index (κ3) is 6.83. The van der Waals surface area contributed by atoms with Gasteiger partial charge in [0.25, 0.3) is 0 Å². The maximum absolute atomic E-state index is 5.68. The van der Waals surface area contributed by atoms with Gasteiger partial charge in [-0.15, -0.1) is 0 Å². The average molecular weight is 385 g/mol. The number of anilines is 1. The fourth-order valence-electron chi connectivity index (χ4n) is 2.94. The van der Waals surface area contributed by atoms with Crippen LogP contribution < -0.4 is 10.2 Å². The van der Waals surface area contributed by atoms with Crippen molar-refractivity contribution in [2.24, 2.45) is 5.92 Å². The first-order valence-corrected chi connectivity index (χ1v) is 10.2. The van der Waals surface area contributed by atoms with Gasteiger partial charge in [-0.1, -0.05) is 32.0 Å². The van der Waals surface area contributed by atoms with Crippen LogP contribution in [0.25, 0.3) is 0 Å². The molecule has 2 rings (SSSR count). The highest BCUT2D eigenvalue weighted by Gasteiger charge is 2.12. The van der Waals surface area contributed by atoms with E-state index < -0.39 is 0 Å². The monoisotopic (exact) mass is 384 g/mol. The molecule has 4 nitrogen and oxygen atoms in total. The van der Waals surface area contributed by atoms with Gasteiger partial charge in [0.2, 0.25) is 0 Å². The predicted octanol–water partition coefficient (Wildman–Crippen LogP) is 4.46. The molecule has 0 radical (unpaired) electrons. The summed E-state index contributed by atoms with van der Waals surface area (Å²) in [6.07, 6.45) is 3.71. The smallest absolute Gasteiger partial charge is 0.169 e. The minimum atomic E-state index is 0.552. The van der Waals surface area contributed by atoms with Crippen molar-refractivity contribution in [1.82, 2.24) is 15.2 Å². The lowest BCUT2D eigenvalue weighted by molar-refractivity contribution is 0.395. The van der Waals surface area contributed by atoms with Gasteiger partial charge >= 0.3 is 0 Å². The lowest BCUT2D eigenvalue weighted by atomic mass is 10.1. The van der Waals surface area contributed by atoms with E-state index in [0.717, 1.165) is 43.4 Å². The van der Waals surface area contributed by atoms with Gasteiger partial charge in [0, 0.05) is 50.8 Å². The molecule has 0 aliphatic rings. The molecule has 0 bridgehead atoms. The maximum Gasteiger partial charge on any atom is 0.169 e. The average Bonchev–Trinajstić information content (AvgIpc) is 2.68. The van der Waals surface area contributed by atoms with Crippen LogP contribution in [0.4, 0.5) is 5.69 Å². The quantitative estimate of drug-likeness (QED) is 0.645. The summed E-state index contributed by atoms with van der Waals surface area (Å²) in [5, 5.41) is 4.19. The van der Waals surface area contributed by atoms with Gasteiger partial charge in [-0.3, -0.25) is 4.98 Å². The Balaban J connectivity index is 2.11. The van der Waals surface area contributed by atoms with E-state index in [9.17, 15) is 0 Å². The minimum Gasteiger partial charge on any atom is -0.372 e. The summed E-state index contributed by atoms with van der Waals surface area (Å²) in [6, 6.07) is 12.9. The van der Waals surface area contributed by atoms with Gasteiger partial charge in [0.15, 0.2) is 5.11 Å². The van der Waals surface area contributed by atoms with Gasteiger partial charge < -0.3 is 15.1 Å². The van der Waals surface area contributed by atoms with Crippen LogP contribution in [-0.2, 0) is 13.1 Å². The zero-order valence-corrected chi connectivity index (χ0v) is 17.8. The van der Waals surface area contributed by atoms with E-state index >= 15 is 0 Å². The first kappa shape index (κ1) is 21.2. The molecule has 0 unspecified atom stereocenters. The summed E-state index contributed by atoms with van der Waals surface area (Å²) in [4.78, 5) is 8.79. The lowest BCUT2D eigenvalue weighted by Gasteiger charge is -2.27. The summed E-state index contributed by atoms with van der Waals surface area (Å²) in [7, 11) is 0. The van der Waals surface area contributed by atoms with Crippen LogP contribution in [0, 0.1) is 5.92 Å². The molecule has 1 heterocycles. The Bertz CT molecular complexity index is 681. The molecular weight excluding hydrogens is 352 g/mol.